The highest BCUT2D eigenvalue weighted by molar-refractivity contribution is 4.81. The summed E-state index contributed by atoms with van der Waals surface area (Å²) in [6.07, 6.45) is 0.496. The molecule has 1 rings (SSSR count). The predicted molar refractivity (Wildman–Crippen MR) is 59.0 cm³/mol. The van der Waals surface area contributed by atoms with Crippen LogP contribution in [-0.4, -0.2) is 61.7 Å². The van der Waals surface area contributed by atoms with Gasteiger partial charge in [-0.15, -0.1) is 0 Å². The number of aliphatic hydroxyl groups is 1. The zero-order valence-corrected chi connectivity index (χ0v) is 9.82. The average Bonchev–Trinajstić information content (AvgIpc) is 2.26. The number of likely N-dealkylation sites (N-methyl/N-ethyl adjacent to an activating group) is 1. The zero-order valence-electron chi connectivity index (χ0n) is 9.82. The molecule has 0 aromatic carbocycles. The van der Waals surface area contributed by atoms with Crippen LogP contribution in [-0.2, 0) is 9.47 Å². The highest BCUT2D eigenvalue weighted by Gasteiger charge is 2.28. The van der Waals surface area contributed by atoms with Gasteiger partial charge in [-0.1, -0.05) is 6.92 Å². The van der Waals surface area contributed by atoms with E-state index < -0.39 is 0 Å². The summed E-state index contributed by atoms with van der Waals surface area (Å²) in [4.78, 5) is 2.24. The molecule has 1 aliphatic rings. The molecule has 0 aromatic heterocycles. The molecule has 4 nitrogen and oxygen atoms in total. The first-order valence-corrected chi connectivity index (χ1v) is 5.87. The number of hydrogen-bond donors (Lipinski definition) is 1. The van der Waals surface area contributed by atoms with Crippen LogP contribution in [0.2, 0.25) is 0 Å². The van der Waals surface area contributed by atoms with E-state index >= 15 is 0 Å². The lowest BCUT2D eigenvalue weighted by molar-refractivity contribution is -0.0649. The summed E-state index contributed by atoms with van der Waals surface area (Å²) in [7, 11) is 0. The normalized spacial score (nSPS) is 27.2. The minimum absolute atomic E-state index is 0.143. The van der Waals surface area contributed by atoms with Gasteiger partial charge in [-0.2, -0.15) is 0 Å². The highest BCUT2D eigenvalue weighted by Crippen LogP contribution is 2.13. The summed E-state index contributed by atoms with van der Waals surface area (Å²) < 4.78 is 10.7. The van der Waals surface area contributed by atoms with Crippen LogP contribution in [0.25, 0.3) is 0 Å². The molecule has 0 bridgehead atoms. The Bertz CT molecular complexity index is 166. The summed E-state index contributed by atoms with van der Waals surface area (Å²) in [5, 5.41) is 9.86. The molecule has 1 N–H and O–H groups in total. The van der Waals surface area contributed by atoms with E-state index in [1.54, 1.807) is 0 Å². The van der Waals surface area contributed by atoms with Crippen molar-refractivity contribution in [3.8, 4) is 0 Å². The molecule has 0 spiro atoms. The molecule has 2 unspecified atom stereocenters. The first kappa shape index (κ1) is 12.9. The monoisotopic (exact) mass is 217 g/mol. The minimum atomic E-state index is -0.250. The third-order valence-electron chi connectivity index (χ3n) is 2.89. The average molecular weight is 217 g/mol. The van der Waals surface area contributed by atoms with Gasteiger partial charge in [-0.25, -0.2) is 0 Å². The number of ether oxygens (including phenoxy) is 2. The van der Waals surface area contributed by atoms with Crippen molar-refractivity contribution in [3.05, 3.63) is 0 Å². The lowest BCUT2D eigenvalue weighted by Crippen LogP contribution is -2.50. The Labute approximate surface area is 92.2 Å². The van der Waals surface area contributed by atoms with Gasteiger partial charge in [0.15, 0.2) is 0 Å². The molecule has 0 aliphatic carbocycles. The Morgan fingerprint density at radius 1 is 1.47 bits per heavy atom. The quantitative estimate of drug-likeness (QED) is 0.658. The largest absolute Gasteiger partial charge is 0.391 e. The minimum Gasteiger partial charge on any atom is -0.391 e. The summed E-state index contributed by atoms with van der Waals surface area (Å²) >= 11 is 0. The molecule has 1 fully saturated rings. The van der Waals surface area contributed by atoms with Crippen molar-refractivity contribution < 1.29 is 14.6 Å². The van der Waals surface area contributed by atoms with Crippen molar-refractivity contribution >= 4 is 0 Å². The van der Waals surface area contributed by atoms with Gasteiger partial charge in [-0.05, 0) is 19.9 Å². The molecule has 15 heavy (non-hydrogen) atoms. The fourth-order valence-corrected chi connectivity index (χ4v) is 1.94. The summed E-state index contributed by atoms with van der Waals surface area (Å²) in [5.41, 5.74) is 0. The molecule has 0 amide bonds. The third kappa shape index (κ3) is 4.07. The molecule has 4 heteroatoms. The van der Waals surface area contributed by atoms with Crippen LogP contribution in [0.15, 0.2) is 0 Å². The second-order valence-electron chi connectivity index (χ2n) is 3.82. The van der Waals surface area contributed by atoms with E-state index in [4.69, 9.17) is 9.47 Å². The maximum absolute atomic E-state index is 9.86. The molecule has 0 saturated carbocycles. The SMILES string of the molecule is CCOCCN(CC)C1COCCC1O. The molecule has 1 saturated heterocycles. The van der Waals surface area contributed by atoms with Crippen molar-refractivity contribution in [1.29, 1.82) is 0 Å². The number of rotatable bonds is 6. The Morgan fingerprint density at radius 2 is 2.27 bits per heavy atom. The van der Waals surface area contributed by atoms with Crippen molar-refractivity contribution in [3.63, 3.8) is 0 Å². The van der Waals surface area contributed by atoms with Crippen LogP contribution in [0.3, 0.4) is 0 Å². The van der Waals surface area contributed by atoms with Gasteiger partial charge in [0.1, 0.15) is 0 Å². The van der Waals surface area contributed by atoms with Crippen molar-refractivity contribution in [2.75, 3.05) is 39.5 Å². The highest BCUT2D eigenvalue weighted by atomic mass is 16.5. The maximum atomic E-state index is 9.86. The van der Waals surface area contributed by atoms with E-state index in [1.807, 2.05) is 6.92 Å². The summed E-state index contributed by atoms with van der Waals surface area (Å²) in [6.45, 7) is 8.70. The van der Waals surface area contributed by atoms with Gasteiger partial charge in [0, 0.05) is 19.8 Å². The van der Waals surface area contributed by atoms with E-state index in [2.05, 4.69) is 11.8 Å². The first-order chi connectivity index (χ1) is 7.29. The van der Waals surface area contributed by atoms with E-state index in [0.29, 0.717) is 13.2 Å². The second-order valence-corrected chi connectivity index (χ2v) is 3.82. The second kappa shape index (κ2) is 7.17. The molecule has 0 aromatic rings. The van der Waals surface area contributed by atoms with Crippen LogP contribution in [0, 0.1) is 0 Å². The van der Waals surface area contributed by atoms with Crippen molar-refractivity contribution in [2.45, 2.75) is 32.4 Å². The molecular formula is C11H23NO3. The standard InChI is InChI=1S/C11H23NO3/c1-3-12(6-8-14-4-2)10-9-15-7-5-11(10)13/h10-11,13H,3-9H2,1-2H3. The van der Waals surface area contributed by atoms with Crippen molar-refractivity contribution in [1.82, 2.24) is 4.90 Å². The first-order valence-electron chi connectivity index (χ1n) is 5.87. The molecular weight excluding hydrogens is 194 g/mol. The third-order valence-corrected chi connectivity index (χ3v) is 2.89. The van der Waals surface area contributed by atoms with E-state index in [9.17, 15) is 5.11 Å². The number of hydrogen-bond acceptors (Lipinski definition) is 4. The van der Waals surface area contributed by atoms with Gasteiger partial charge in [-0.3, -0.25) is 4.90 Å². The Hall–Kier alpha value is -0.160. The lowest BCUT2D eigenvalue weighted by atomic mass is 10.1. The topological polar surface area (TPSA) is 41.9 Å². The van der Waals surface area contributed by atoms with Gasteiger partial charge >= 0.3 is 0 Å². The fourth-order valence-electron chi connectivity index (χ4n) is 1.94. The van der Waals surface area contributed by atoms with Crippen LogP contribution in [0.5, 0.6) is 0 Å². The van der Waals surface area contributed by atoms with Crippen LogP contribution < -0.4 is 0 Å². The summed E-state index contributed by atoms with van der Waals surface area (Å²) in [5.74, 6) is 0. The summed E-state index contributed by atoms with van der Waals surface area (Å²) in [6, 6.07) is 0.143. The Morgan fingerprint density at radius 3 is 2.87 bits per heavy atom. The maximum Gasteiger partial charge on any atom is 0.0739 e. The predicted octanol–water partition coefficient (Wildman–Crippen LogP) is 0.495. The molecule has 1 heterocycles. The van der Waals surface area contributed by atoms with Gasteiger partial charge < -0.3 is 14.6 Å². The van der Waals surface area contributed by atoms with E-state index in [-0.39, 0.29) is 12.1 Å². The van der Waals surface area contributed by atoms with E-state index in [1.165, 1.54) is 0 Å². The molecule has 1 aliphatic heterocycles. The van der Waals surface area contributed by atoms with Gasteiger partial charge in [0.05, 0.1) is 25.4 Å². The van der Waals surface area contributed by atoms with E-state index in [0.717, 1.165) is 32.7 Å². The van der Waals surface area contributed by atoms with Gasteiger partial charge in [0.25, 0.3) is 0 Å². The molecule has 0 radical (unpaired) electrons. The Balaban J connectivity index is 2.34. The lowest BCUT2D eigenvalue weighted by Gasteiger charge is -2.36. The van der Waals surface area contributed by atoms with Crippen molar-refractivity contribution in [2.24, 2.45) is 0 Å². The number of aliphatic hydroxyl groups excluding tert-OH is 1. The van der Waals surface area contributed by atoms with Gasteiger partial charge in [0.2, 0.25) is 0 Å². The fraction of sp³-hybridized carbons (Fsp3) is 1.00. The van der Waals surface area contributed by atoms with Crippen LogP contribution in [0.1, 0.15) is 20.3 Å². The van der Waals surface area contributed by atoms with Crippen LogP contribution in [0.4, 0.5) is 0 Å². The smallest absolute Gasteiger partial charge is 0.0739 e. The molecule has 2 atom stereocenters. The Kier molecular flexibility index (Phi) is 6.17. The zero-order chi connectivity index (χ0) is 11.1. The molecule has 90 valence electrons. The van der Waals surface area contributed by atoms with Crippen LogP contribution >= 0.6 is 0 Å². The number of nitrogens with zero attached hydrogens (tertiary/aromatic N) is 1.